The Hall–Kier alpha value is -1.27. The quantitative estimate of drug-likeness (QED) is 0.726. The topological polar surface area (TPSA) is 12.9 Å². The van der Waals surface area contributed by atoms with Crippen molar-refractivity contribution in [3.8, 4) is 0 Å². The largest absolute Gasteiger partial charge is 0.394 e. The highest BCUT2D eigenvalue weighted by atomic mass is 19.4. The van der Waals surface area contributed by atoms with Gasteiger partial charge in [-0.25, -0.2) is 0 Å². The molecule has 0 saturated carbocycles. The van der Waals surface area contributed by atoms with Gasteiger partial charge in [-0.05, 0) is 12.1 Å². The summed E-state index contributed by atoms with van der Waals surface area (Å²) in [5, 5.41) is 0. The van der Waals surface area contributed by atoms with Crippen LogP contribution in [-0.4, -0.2) is 17.3 Å². The van der Waals surface area contributed by atoms with Crippen molar-refractivity contribution in [1.82, 2.24) is 4.98 Å². The first-order chi connectivity index (χ1) is 7.16. The molecule has 0 aliphatic rings. The number of alkyl halides is 6. The lowest BCUT2D eigenvalue weighted by atomic mass is 10.2. The summed E-state index contributed by atoms with van der Waals surface area (Å²) in [7, 11) is 0. The van der Waals surface area contributed by atoms with Gasteiger partial charge in [-0.3, -0.25) is 4.98 Å². The first kappa shape index (κ1) is 12.8. The first-order valence-corrected chi connectivity index (χ1v) is 4.24. The second kappa shape index (κ2) is 4.31. The van der Waals surface area contributed by atoms with Crippen LogP contribution >= 0.6 is 0 Å². The molecule has 0 unspecified atom stereocenters. The van der Waals surface area contributed by atoms with Gasteiger partial charge in [0.25, 0.3) is 0 Å². The molecular weight excluding hydrogens is 236 g/mol. The van der Waals surface area contributed by atoms with Crippen molar-refractivity contribution in [1.29, 1.82) is 0 Å². The maximum atomic E-state index is 11.9. The third kappa shape index (κ3) is 4.99. The van der Waals surface area contributed by atoms with Gasteiger partial charge in [-0.15, -0.1) is 0 Å². The molecule has 0 amide bonds. The predicted octanol–water partition coefficient (Wildman–Crippen LogP) is 3.29. The Morgan fingerprint density at radius 3 is 1.50 bits per heavy atom. The van der Waals surface area contributed by atoms with Crippen LogP contribution in [-0.2, 0) is 12.8 Å². The maximum Gasteiger partial charge on any atom is 0.394 e. The molecule has 0 bridgehead atoms. The van der Waals surface area contributed by atoms with Crippen LogP contribution in [0.15, 0.2) is 18.2 Å². The van der Waals surface area contributed by atoms with Crippen LogP contribution in [0.3, 0.4) is 0 Å². The molecule has 0 saturated heterocycles. The minimum atomic E-state index is -4.47. The van der Waals surface area contributed by atoms with Gasteiger partial charge < -0.3 is 0 Å². The van der Waals surface area contributed by atoms with Crippen LogP contribution in [0, 0.1) is 0 Å². The molecule has 1 aromatic heterocycles. The minimum Gasteiger partial charge on any atom is -0.257 e. The zero-order valence-electron chi connectivity index (χ0n) is 7.86. The van der Waals surface area contributed by atoms with Crippen LogP contribution in [0.4, 0.5) is 26.3 Å². The van der Waals surface area contributed by atoms with Gasteiger partial charge in [0.05, 0.1) is 12.8 Å². The van der Waals surface area contributed by atoms with E-state index in [1.807, 2.05) is 0 Å². The molecule has 0 fully saturated rings. The zero-order chi connectivity index (χ0) is 12.4. The van der Waals surface area contributed by atoms with E-state index in [-0.39, 0.29) is 0 Å². The van der Waals surface area contributed by atoms with E-state index in [4.69, 9.17) is 0 Å². The lowest BCUT2D eigenvalue weighted by molar-refractivity contribution is -0.128. The molecule has 0 aliphatic carbocycles. The van der Waals surface area contributed by atoms with E-state index in [0.29, 0.717) is 0 Å². The van der Waals surface area contributed by atoms with Crippen molar-refractivity contribution < 1.29 is 26.3 Å². The van der Waals surface area contributed by atoms with E-state index in [9.17, 15) is 26.3 Å². The molecule has 0 atom stereocenters. The fraction of sp³-hybridized carbons (Fsp3) is 0.444. The van der Waals surface area contributed by atoms with E-state index in [1.165, 1.54) is 0 Å². The lowest BCUT2D eigenvalue weighted by Crippen LogP contribution is -2.16. The molecule has 0 aromatic carbocycles. The lowest BCUT2D eigenvalue weighted by Gasteiger charge is -2.08. The second-order valence-corrected chi connectivity index (χ2v) is 3.20. The van der Waals surface area contributed by atoms with Crippen LogP contribution in [0.25, 0.3) is 0 Å². The summed E-state index contributed by atoms with van der Waals surface area (Å²) < 4.78 is 71.7. The summed E-state index contributed by atoms with van der Waals surface area (Å²) in [6.45, 7) is 0. The smallest absolute Gasteiger partial charge is 0.257 e. The number of hydrogen-bond donors (Lipinski definition) is 0. The molecule has 0 spiro atoms. The average molecular weight is 243 g/mol. The maximum absolute atomic E-state index is 11.9. The fourth-order valence-corrected chi connectivity index (χ4v) is 1.14. The SMILES string of the molecule is FC(F)(F)Cc1cccc(CC(F)(F)F)n1. The van der Waals surface area contributed by atoms with Crippen molar-refractivity contribution >= 4 is 0 Å². The second-order valence-electron chi connectivity index (χ2n) is 3.20. The van der Waals surface area contributed by atoms with Crippen LogP contribution in [0.2, 0.25) is 0 Å². The predicted molar refractivity (Wildman–Crippen MR) is 43.8 cm³/mol. The molecule has 1 rings (SSSR count). The third-order valence-corrected chi connectivity index (χ3v) is 1.63. The summed E-state index contributed by atoms with van der Waals surface area (Å²) in [6, 6.07) is 3.23. The summed E-state index contributed by atoms with van der Waals surface area (Å²) in [6.07, 6.45) is -11.6. The van der Waals surface area contributed by atoms with Crippen LogP contribution in [0.5, 0.6) is 0 Å². The molecule has 0 aliphatic heterocycles. The normalized spacial score (nSPS) is 12.9. The Balaban J connectivity index is 2.79. The van der Waals surface area contributed by atoms with E-state index in [1.54, 1.807) is 0 Å². The summed E-state index contributed by atoms with van der Waals surface area (Å²) in [4.78, 5) is 3.30. The van der Waals surface area contributed by atoms with Gasteiger partial charge in [0.1, 0.15) is 0 Å². The summed E-state index contributed by atoms with van der Waals surface area (Å²) in [5.41, 5.74) is -0.816. The zero-order valence-corrected chi connectivity index (χ0v) is 7.86. The summed E-state index contributed by atoms with van der Waals surface area (Å²) in [5.74, 6) is 0. The standard InChI is InChI=1S/C9H7F6N/c10-8(11,12)4-6-2-1-3-7(16-6)5-9(13,14)15/h1-3H,4-5H2. The first-order valence-electron chi connectivity index (χ1n) is 4.24. The molecule has 90 valence electrons. The highest BCUT2D eigenvalue weighted by Gasteiger charge is 2.30. The molecule has 7 heteroatoms. The number of halogens is 6. The number of pyridine rings is 1. The Morgan fingerprint density at radius 1 is 0.812 bits per heavy atom. The van der Waals surface area contributed by atoms with Crippen LogP contribution in [0.1, 0.15) is 11.4 Å². The highest BCUT2D eigenvalue weighted by molar-refractivity contribution is 5.13. The van der Waals surface area contributed by atoms with Gasteiger partial charge in [0.15, 0.2) is 0 Å². The minimum absolute atomic E-state index is 0.408. The number of aromatic nitrogens is 1. The number of nitrogens with zero attached hydrogens (tertiary/aromatic N) is 1. The monoisotopic (exact) mass is 243 g/mol. The average Bonchev–Trinajstić information content (AvgIpc) is 1.96. The Kier molecular flexibility index (Phi) is 3.44. The number of hydrogen-bond acceptors (Lipinski definition) is 1. The highest BCUT2D eigenvalue weighted by Crippen LogP contribution is 2.23. The van der Waals surface area contributed by atoms with Crippen molar-refractivity contribution in [2.24, 2.45) is 0 Å². The van der Waals surface area contributed by atoms with Crippen molar-refractivity contribution in [3.63, 3.8) is 0 Å². The molecule has 1 nitrogen and oxygen atoms in total. The van der Waals surface area contributed by atoms with E-state index in [0.717, 1.165) is 18.2 Å². The Morgan fingerprint density at radius 2 is 1.19 bits per heavy atom. The van der Waals surface area contributed by atoms with Gasteiger partial charge in [0, 0.05) is 11.4 Å². The van der Waals surface area contributed by atoms with E-state index in [2.05, 4.69) is 4.98 Å². The van der Waals surface area contributed by atoms with Crippen molar-refractivity contribution in [3.05, 3.63) is 29.6 Å². The fourth-order valence-electron chi connectivity index (χ4n) is 1.14. The van der Waals surface area contributed by atoms with E-state index < -0.39 is 36.6 Å². The van der Waals surface area contributed by atoms with Gasteiger partial charge in [0.2, 0.25) is 0 Å². The third-order valence-electron chi connectivity index (χ3n) is 1.63. The Labute approximate surface area is 87.1 Å². The summed E-state index contributed by atoms with van der Waals surface area (Å²) >= 11 is 0. The molecular formula is C9H7F6N. The van der Waals surface area contributed by atoms with Gasteiger partial charge in [-0.1, -0.05) is 6.07 Å². The van der Waals surface area contributed by atoms with Crippen molar-refractivity contribution in [2.45, 2.75) is 25.2 Å². The molecule has 1 aromatic rings. The molecule has 16 heavy (non-hydrogen) atoms. The van der Waals surface area contributed by atoms with Crippen LogP contribution < -0.4 is 0 Å². The number of rotatable bonds is 2. The molecule has 0 radical (unpaired) electrons. The van der Waals surface area contributed by atoms with Crippen molar-refractivity contribution in [2.75, 3.05) is 0 Å². The molecule has 0 N–H and O–H groups in total. The van der Waals surface area contributed by atoms with Gasteiger partial charge in [-0.2, -0.15) is 26.3 Å². The van der Waals surface area contributed by atoms with E-state index >= 15 is 0 Å². The molecule has 1 heterocycles. The van der Waals surface area contributed by atoms with Gasteiger partial charge >= 0.3 is 12.4 Å². The Bertz CT molecular complexity index is 323.